The molecule has 2 aromatic rings. The average molecular weight is 466 g/mol. The molecule has 0 radical (unpaired) electrons. The molecule has 0 aliphatic carbocycles. The Kier molecular flexibility index (Phi) is 13.0. The van der Waals surface area contributed by atoms with Crippen molar-refractivity contribution in [1.82, 2.24) is 15.6 Å². The molecule has 0 spiro atoms. The third kappa shape index (κ3) is 10.6. The van der Waals surface area contributed by atoms with Gasteiger partial charge in [-0.1, -0.05) is 70.9 Å². The second-order valence-electron chi connectivity index (χ2n) is 8.41. The number of hydrazone groups is 1. The molecular formula is C27H39N5O2. The van der Waals surface area contributed by atoms with Gasteiger partial charge < -0.3 is 10.6 Å². The number of carbonyl (C=O) groups is 2. The Morgan fingerprint density at radius 3 is 1.91 bits per heavy atom. The first-order valence-corrected chi connectivity index (χ1v) is 12.6. The first kappa shape index (κ1) is 27.0. The van der Waals surface area contributed by atoms with E-state index in [1.54, 1.807) is 36.7 Å². The summed E-state index contributed by atoms with van der Waals surface area (Å²) in [5, 5.41) is 10.1. The van der Waals surface area contributed by atoms with Crippen molar-refractivity contribution in [2.24, 2.45) is 5.10 Å². The topological polar surface area (TPSA) is 95.5 Å². The van der Waals surface area contributed by atoms with Crippen molar-refractivity contribution in [3.05, 3.63) is 59.3 Å². The molecule has 0 unspecified atom stereocenters. The number of hydrogen-bond acceptors (Lipinski definition) is 5. The van der Waals surface area contributed by atoms with Gasteiger partial charge in [-0.05, 0) is 42.7 Å². The Morgan fingerprint density at radius 2 is 1.32 bits per heavy atom. The Bertz CT molecular complexity index is 879. The summed E-state index contributed by atoms with van der Waals surface area (Å²) in [6.07, 6.45) is 13.6. The summed E-state index contributed by atoms with van der Waals surface area (Å²) in [4.78, 5) is 28.6. The number of hydrogen-bond donors (Lipinski definition) is 3. The molecule has 0 saturated heterocycles. The lowest BCUT2D eigenvalue weighted by Gasteiger charge is -2.06. The molecule has 7 nitrogen and oxygen atoms in total. The van der Waals surface area contributed by atoms with E-state index >= 15 is 0 Å². The highest BCUT2D eigenvalue weighted by Gasteiger charge is 2.06. The van der Waals surface area contributed by atoms with Crippen LogP contribution < -0.4 is 16.1 Å². The molecular weight excluding hydrogens is 426 g/mol. The van der Waals surface area contributed by atoms with E-state index in [0.717, 1.165) is 31.2 Å². The third-order valence-corrected chi connectivity index (χ3v) is 5.47. The van der Waals surface area contributed by atoms with Crippen LogP contribution in [-0.4, -0.2) is 36.1 Å². The quantitative estimate of drug-likeness (QED) is 0.172. The summed E-state index contributed by atoms with van der Waals surface area (Å²) in [6, 6.07) is 10.7. The molecule has 0 fully saturated rings. The molecule has 0 saturated carbocycles. The Labute approximate surface area is 203 Å². The van der Waals surface area contributed by atoms with Crippen molar-refractivity contribution in [2.75, 3.05) is 18.5 Å². The fourth-order valence-corrected chi connectivity index (χ4v) is 3.38. The first-order valence-electron chi connectivity index (χ1n) is 12.6. The van der Waals surface area contributed by atoms with Crippen molar-refractivity contribution >= 4 is 23.8 Å². The SMILES string of the molecule is CCCCCCCNC(=O)c1ccc(NN=Cc2ccc(C(=O)NCCCCCC)cc2)nc1. The normalized spacial score (nSPS) is 10.9. The Morgan fingerprint density at radius 1 is 0.765 bits per heavy atom. The number of benzene rings is 1. The number of aromatic nitrogens is 1. The van der Waals surface area contributed by atoms with Gasteiger partial charge in [0.2, 0.25) is 0 Å². The molecule has 0 atom stereocenters. The van der Waals surface area contributed by atoms with Gasteiger partial charge in [0.1, 0.15) is 5.82 Å². The molecule has 184 valence electrons. The second-order valence-corrected chi connectivity index (χ2v) is 8.41. The van der Waals surface area contributed by atoms with E-state index in [2.05, 4.69) is 40.0 Å². The Hall–Kier alpha value is -3.22. The zero-order valence-corrected chi connectivity index (χ0v) is 20.6. The molecule has 1 heterocycles. The molecule has 0 aliphatic heterocycles. The number of carbonyl (C=O) groups excluding carboxylic acids is 2. The average Bonchev–Trinajstić information content (AvgIpc) is 2.86. The number of rotatable bonds is 16. The van der Waals surface area contributed by atoms with E-state index in [-0.39, 0.29) is 11.8 Å². The van der Waals surface area contributed by atoms with Crippen LogP contribution in [0.25, 0.3) is 0 Å². The summed E-state index contributed by atoms with van der Waals surface area (Å²) in [6.45, 7) is 5.75. The molecule has 0 bridgehead atoms. The monoisotopic (exact) mass is 465 g/mol. The van der Waals surface area contributed by atoms with Gasteiger partial charge in [-0.2, -0.15) is 5.10 Å². The van der Waals surface area contributed by atoms with Crippen molar-refractivity contribution in [3.63, 3.8) is 0 Å². The predicted octanol–water partition coefficient (Wildman–Crippen LogP) is 5.54. The van der Waals surface area contributed by atoms with Crippen LogP contribution in [0.5, 0.6) is 0 Å². The van der Waals surface area contributed by atoms with E-state index < -0.39 is 0 Å². The lowest BCUT2D eigenvalue weighted by Crippen LogP contribution is -2.24. The summed E-state index contributed by atoms with van der Waals surface area (Å²) in [7, 11) is 0. The first-order chi connectivity index (χ1) is 16.6. The molecule has 1 aromatic carbocycles. The van der Waals surface area contributed by atoms with Crippen molar-refractivity contribution in [2.45, 2.75) is 71.6 Å². The molecule has 7 heteroatoms. The summed E-state index contributed by atoms with van der Waals surface area (Å²) in [5.41, 5.74) is 4.89. The van der Waals surface area contributed by atoms with Crippen LogP contribution in [0.4, 0.5) is 5.82 Å². The number of amides is 2. The zero-order valence-electron chi connectivity index (χ0n) is 20.6. The molecule has 3 N–H and O–H groups in total. The van der Waals surface area contributed by atoms with Gasteiger partial charge in [0.25, 0.3) is 11.8 Å². The van der Waals surface area contributed by atoms with Gasteiger partial charge in [0.05, 0.1) is 11.8 Å². The summed E-state index contributed by atoms with van der Waals surface area (Å²) in [5.74, 6) is 0.387. The van der Waals surface area contributed by atoms with E-state index in [1.165, 1.54) is 32.1 Å². The van der Waals surface area contributed by atoms with Crippen LogP contribution in [0.2, 0.25) is 0 Å². The minimum absolute atomic E-state index is 0.0528. The minimum atomic E-state index is -0.108. The molecule has 2 amide bonds. The van der Waals surface area contributed by atoms with Gasteiger partial charge in [0.15, 0.2) is 0 Å². The zero-order chi connectivity index (χ0) is 24.4. The van der Waals surface area contributed by atoms with Crippen LogP contribution in [0.3, 0.4) is 0 Å². The maximum atomic E-state index is 12.2. The van der Waals surface area contributed by atoms with Crippen molar-refractivity contribution < 1.29 is 9.59 Å². The van der Waals surface area contributed by atoms with Crippen molar-refractivity contribution in [1.29, 1.82) is 0 Å². The van der Waals surface area contributed by atoms with Crippen LogP contribution >= 0.6 is 0 Å². The largest absolute Gasteiger partial charge is 0.352 e. The fourth-order valence-electron chi connectivity index (χ4n) is 3.38. The fraction of sp³-hybridized carbons (Fsp3) is 0.481. The minimum Gasteiger partial charge on any atom is -0.352 e. The molecule has 1 aromatic heterocycles. The highest BCUT2D eigenvalue weighted by atomic mass is 16.2. The van der Waals surface area contributed by atoms with Crippen LogP contribution in [-0.2, 0) is 0 Å². The second kappa shape index (κ2) is 16.4. The summed E-state index contributed by atoms with van der Waals surface area (Å²) >= 11 is 0. The summed E-state index contributed by atoms with van der Waals surface area (Å²) < 4.78 is 0. The highest BCUT2D eigenvalue weighted by Crippen LogP contribution is 2.07. The smallest absolute Gasteiger partial charge is 0.252 e. The standard InChI is InChI=1S/C27H39N5O2/c1-3-5-7-9-11-19-29-27(34)24-16-17-25(30-21-24)32-31-20-22-12-14-23(15-13-22)26(33)28-18-10-8-6-4-2/h12-17,20-21H,3-11,18-19H2,1-2H3,(H,28,33)(H,29,34)(H,30,32). The number of pyridine rings is 1. The van der Waals surface area contributed by atoms with Gasteiger partial charge >= 0.3 is 0 Å². The van der Waals surface area contributed by atoms with Gasteiger partial charge in [-0.25, -0.2) is 4.98 Å². The van der Waals surface area contributed by atoms with Crippen molar-refractivity contribution in [3.8, 4) is 0 Å². The van der Waals surface area contributed by atoms with E-state index in [1.807, 2.05) is 12.1 Å². The van der Waals surface area contributed by atoms with Crippen LogP contribution in [0.15, 0.2) is 47.7 Å². The van der Waals surface area contributed by atoms with E-state index in [0.29, 0.717) is 30.0 Å². The van der Waals surface area contributed by atoms with E-state index in [4.69, 9.17) is 0 Å². The third-order valence-electron chi connectivity index (χ3n) is 5.47. The number of anilines is 1. The van der Waals surface area contributed by atoms with E-state index in [9.17, 15) is 9.59 Å². The number of nitrogens with zero attached hydrogens (tertiary/aromatic N) is 2. The molecule has 2 rings (SSSR count). The number of nitrogens with one attached hydrogen (secondary N) is 3. The Balaban J connectivity index is 1.72. The number of unbranched alkanes of at least 4 members (excludes halogenated alkanes) is 7. The van der Waals surface area contributed by atoms with Gasteiger partial charge in [0, 0.05) is 24.8 Å². The maximum absolute atomic E-state index is 12.2. The van der Waals surface area contributed by atoms with Crippen LogP contribution in [0.1, 0.15) is 97.9 Å². The lowest BCUT2D eigenvalue weighted by atomic mass is 10.1. The molecule has 34 heavy (non-hydrogen) atoms. The van der Waals surface area contributed by atoms with Crippen LogP contribution in [0, 0.1) is 0 Å². The van der Waals surface area contributed by atoms with Gasteiger partial charge in [-0.3, -0.25) is 15.0 Å². The van der Waals surface area contributed by atoms with Gasteiger partial charge in [-0.15, -0.1) is 0 Å². The molecule has 0 aliphatic rings. The predicted molar refractivity (Wildman–Crippen MR) is 139 cm³/mol. The lowest BCUT2D eigenvalue weighted by molar-refractivity contribution is 0.0944. The highest BCUT2D eigenvalue weighted by molar-refractivity contribution is 5.95. The maximum Gasteiger partial charge on any atom is 0.252 e.